The van der Waals surface area contributed by atoms with Crippen molar-refractivity contribution in [2.75, 3.05) is 5.32 Å². The van der Waals surface area contributed by atoms with E-state index in [9.17, 15) is 13.6 Å². The van der Waals surface area contributed by atoms with Crippen molar-refractivity contribution >= 4 is 23.1 Å². The van der Waals surface area contributed by atoms with Gasteiger partial charge < -0.3 is 15.8 Å². The molecule has 174 valence electrons. The Labute approximate surface area is 194 Å². The number of nitrogens with one attached hydrogen (secondary N) is 1. The molecule has 2 heterocycles. The van der Waals surface area contributed by atoms with Crippen molar-refractivity contribution in [2.45, 2.75) is 33.0 Å². The predicted octanol–water partition coefficient (Wildman–Crippen LogP) is 3.98. The maximum atomic E-state index is 12.9. The van der Waals surface area contributed by atoms with Gasteiger partial charge in [-0.15, -0.1) is 0 Å². The van der Waals surface area contributed by atoms with Gasteiger partial charge in [-0.2, -0.15) is 8.78 Å². The number of ether oxygens (including phenoxy) is 1. The molecule has 0 radical (unpaired) electrons. The summed E-state index contributed by atoms with van der Waals surface area (Å²) in [6.45, 7) is 2.16. The molecule has 0 aliphatic carbocycles. The predicted molar refractivity (Wildman–Crippen MR) is 124 cm³/mol. The molecule has 0 fully saturated rings. The van der Waals surface area contributed by atoms with Crippen molar-refractivity contribution in [1.29, 1.82) is 0 Å². The summed E-state index contributed by atoms with van der Waals surface area (Å²) in [6, 6.07) is 10.4. The highest BCUT2D eigenvalue weighted by atomic mass is 19.3. The maximum Gasteiger partial charge on any atom is 0.387 e. The standard InChI is InChI=1S/C24H22F2N6O2/c1-13-9-17(10-14(2)20(13)34-23(25)26)24(31-15(3)21(27)32-24)16-5-4-6-18(11-16)30-22(33)19-12-28-7-8-29-19/h4-12,23H,1-3H3,(H2,27,32)(H,30,33). The van der Waals surface area contributed by atoms with Gasteiger partial charge in [0.15, 0.2) is 0 Å². The SMILES string of the molecule is CC1=NC(c2cccc(NC(=O)c3cnccn3)c2)(c2cc(C)c(OC(F)F)c(C)c2)N=C1N. The van der Waals surface area contributed by atoms with Crippen molar-refractivity contribution in [3.05, 3.63) is 82.9 Å². The number of nitrogens with zero attached hydrogens (tertiary/aromatic N) is 4. The fraction of sp³-hybridized carbons (Fsp3) is 0.208. The molecule has 1 aromatic heterocycles. The molecule has 1 aliphatic rings. The highest BCUT2D eigenvalue weighted by Crippen LogP contribution is 2.42. The Morgan fingerprint density at radius 1 is 1.06 bits per heavy atom. The van der Waals surface area contributed by atoms with Gasteiger partial charge >= 0.3 is 6.61 Å². The number of alkyl halides is 2. The van der Waals surface area contributed by atoms with Crippen LogP contribution in [0, 0.1) is 13.8 Å². The van der Waals surface area contributed by atoms with Crippen LogP contribution in [-0.4, -0.2) is 34.0 Å². The van der Waals surface area contributed by atoms with E-state index in [4.69, 9.17) is 15.5 Å². The number of carbonyl (C=O) groups excluding carboxylic acids is 1. The highest BCUT2D eigenvalue weighted by molar-refractivity contribution is 6.41. The van der Waals surface area contributed by atoms with Crippen molar-refractivity contribution < 1.29 is 18.3 Å². The van der Waals surface area contributed by atoms with E-state index in [1.807, 2.05) is 6.07 Å². The minimum Gasteiger partial charge on any atom is -0.434 e. The minimum atomic E-state index is -2.94. The van der Waals surface area contributed by atoms with Crippen LogP contribution in [0.1, 0.15) is 39.7 Å². The average Bonchev–Trinajstić information content (AvgIpc) is 3.12. The van der Waals surface area contributed by atoms with Gasteiger partial charge in [0, 0.05) is 29.2 Å². The summed E-state index contributed by atoms with van der Waals surface area (Å²) < 4.78 is 30.4. The van der Waals surface area contributed by atoms with Crippen LogP contribution in [-0.2, 0) is 5.66 Å². The summed E-state index contributed by atoms with van der Waals surface area (Å²) in [6.07, 6.45) is 4.27. The quantitative estimate of drug-likeness (QED) is 0.573. The third kappa shape index (κ3) is 4.34. The zero-order valence-electron chi connectivity index (χ0n) is 18.7. The van der Waals surface area contributed by atoms with E-state index < -0.39 is 18.2 Å². The summed E-state index contributed by atoms with van der Waals surface area (Å²) in [5.74, 6) is -0.0552. The smallest absolute Gasteiger partial charge is 0.387 e. The third-order valence-corrected chi connectivity index (χ3v) is 5.37. The summed E-state index contributed by atoms with van der Waals surface area (Å²) in [7, 11) is 0. The van der Waals surface area contributed by atoms with E-state index in [1.165, 1.54) is 18.6 Å². The lowest BCUT2D eigenvalue weighted by molar-refractivity contribution is -0.0507. The van der Waals surface area contributed by atoms with E-state index in [2.05, 4.69) is 20.3 Å². The molecule has 0 saturated heterocycles. The van der Waals surface area contributed by atoms with Gasteiger partial charge in [-0.05, 0) is 56.2 Å². The third-order valence-electron chi connectivity index (χ3n) is 5.37. The molecule has 8 nitrogen and oxygen atoms in total. The summed E-state index contributed by atoms with van der Waals surface area (Å²) >= 11 is 0. The van der Waals surface area contributed by atoms with Crippen LogP contribution in [0.25, 0.3) is 0 Å². The van der Waals surface area contributed by atoms with Gasteiger partial charge in [-0.25, -0.2) is 15.0 Å². The van der Waals surface area contributed by atoms with Crippen LogP contribution in [0.3, 0.4) is 0 Å². The van der Waals surface area contributed by atoms with E-state index in [1.54, 1.807) is 51.1 Å². The second-order valence-electron chi connectivity index (χ2n) is 7.81. The Morgan fingerprint density at radius 2 is 1.79 bits per heavy atom. The molecule has 0 spiro atoms. The minimum absolute atomic E-state index is 0.106. The lowest BCUT2D eigenvalue weighted by atomic mass is 9.89. The number of nitrogens with two attached hydrogens (primary N) is 1. The lowest BCUT2D eigenvalue weighted by Crippen LogP contribution is -2.23. The first-order valence-electron chi connectivity index (χ1n) is 10.4. The van der Waals surface area contributed by atoms with E-state index in [0.29, 0.717) is 33.7 Å². The number of carbonyl (C=O) groups is 1. The highest BCUT2D eigenvalue weighted by Gasteiger charge is 2.39. The van der Waals surface area contributed by atoms with E-state index >= 15 is 0 Å². The molecule has 1 atom stereocenters. The number of amides is 1. The molecule has 0 bridgehead atoms. The Kier molecular flexibility index (Phi) is 6.06. The molecule has 3 N–H and O–H groups in total. The number of hydrogen-bond donors (Lipinski definition) is 2. The number of aliphatic imine (C=N–C) groups is 2. The van der Waals surface area contributed by atoms with Gasteiger partial charge in [0.25, 0.3) is 5.91 Å². The molecular formula is C24H22F2N6O2. The number of halogens is 2. The zero-order chi connectivity index (χ0) is 24.5. The van der Waals surface area contributed by atoms with Crippen LogP contribution < -0.4 is 15.8 Å². The maximum absolute atomic E-state index is 12.9. The average molecular weight is 464 g/mol. The van der Waals surface area contributed by atoms with Crippen LogP contribution in [0.2, 0.25) is 0 Å². The molecule has 4 rings (SSSR count). The normalized spacial score (nSPS) is 17.4. The largest absolute Gasteiger partial charge is 0.434 e. The number of benzene rings is 2. The molecule has 1 amide bonds. The van der Waals surface area contributed by atoms with Crippen LogP contribution in [0.15, 0.2) is 65.0 Å². The van der Waals surface area contributed by atoms with Crippen LogP contribution in [0.5, 0.6) is 5.75 Å². The Hall–Kier alpha value is -4.21. The van der Waals surface area contributed by atoms with E-state index in [-0.39, 0.29) is 17.3 Å². The van der Waals surface area contributed by atoms with Crippen LogP contribution >= 0.6 is 0 Å². The van der Waals surface area contributed by atoms with Gasteiger partial charge in [0.05, 0.1) is 11.9 Å². The molecule has 3 aromatic rings. The number of aryl methyl sites for hydroxylation is 2. The fourth-order valence-electron chi connectivity index (χ4n) is 3.86. The monoisotopic (exact) mass is 464 g/mol. The Bertz CT molecular complexity index is 1270. The van der Waals surface area contributed by atoms with Gasteiger partial charge in [0.1, 0.15) is 17.3 Å². The first-order chi connectivity index (χ1) is 16.2. The Balaban J connectivity index is 1.78. The van der Waals surface area contributed by atoms with Crippen molar-refractivity contribution in [3.8, 4) is 5.75 Å². The fourth-order valence-corrected chi connectivity index (χ4v) is 3.86. The molecule has 10 heteroatoms. The molecule has 2 aromatic carbocycles. The number of amidine groups is 1. The van der Waals surface area contributed by atoms with Gasteiger partial charge in [0.2, 0.25) is 5.66 Å². The molecular weight excluding hydrogens is 442 g/mol. The molecule has 1 aliphatic heterocycles. The first-order valence-corrected chi connectivity index (χ1v) is 10.4. The summed E-state index contributed by atoms with van der Waals surface area (Å²) in [4.78, 5) is 29.9. The second-order valence-corrected chi connectivity index (χ2v) is 7.81. The second kappa shape index (κ2) is 8.97. The molecule has 1 unspecified atom stereocenters. The Morgan fingerprint density at radius 3 is 2.38 bits per heavy atom. The van der Waals surface area contributed by atoms with Crippen molar-refractivity contribution in [2.24, 2.45) is 15.7 Å². The van der Waals surface area contributed by atoms with Gasteiger partial charge in [-0.1, -0.05) is 12.1 Å². The topological polar surface area (TPSA) is 115 Å². The number of aromatic nitrogens is 2. The number of rotatable bonds is 6. The number of hydrogen-bond acceptors (Lipinski definition) is 7. The lowest BCUT2D eigenvalue weighted by Gasteiger charge is -2.26. The zero-order valence-corrected chi connectivity index (χ0v) is 18.7. The van der Waals surface area contributed by atoms with Crippen molar-refractivity contribution in [1.82, 2.24) is 9.97 Å². The summed E-state index contributed by atoms with van der Waals surface area (Å²) in [5, 5.41) is 2.79. The van der Waals surface area contributed by atoms with Crippen molar-refractivity contribution in [3.63, 3.8) is 0 Å². The first kappa shape index (κ1) is 23.0. The number of anilines is 1. The molecule has 0 saturated carbocycles. The van der Waals surface area contributed by atoms with Gasteiger partial charge in [-0.3, -0.25) is 9.78 Å². The van der Waals surface area contributed by atoms with Crippen LogP contribution in [0.4, 0.5) is 14.5 Å². The molecule has 34 heavy (non-hydrogen) atoms. The summed E-state index contributed by atoms with van der Waals surface area (Å²) in [5.41, 5.74) is 8.33. The van der Waals surface area contributed by atoms with E-state index in [0.717, 1.165) is 0 Å².